The van der Waals surface area contributed by atoms with Crippen LogP contribution in [-0.2, 0) is 16.1 Å². The van der Waals surface area contributed by atoms with Crippen LogP contribution in [-0.4, -0.2) is 28.5 Å². The molecule has 1 amide bonds. The van der Waals surface area contributed by atoms with E-state index in [9.17, 15) is 18.8 Å². The molecule has 0 saturated carbocycles. The van der Waals surface area contributed by atoms with Crippen molar-refractivity contribution in [2.24, 2.45) is 0 Å². The van der Waals surface area contributed by atoms with Crippen LogP contribution in [0.15, 0.2) is 53.3 Å². The Morgan fingerprint density at radius 3 is 2.39 bits per heavy atom. The molecule has 0 radical (unpaired) electrons. The largest absolute Gasteiger partial charge is 0.465 e. The third-order valence-corrected chi connectivity index (χ3v) is 4.44. The Morgan fingerprint density at radius 2 is 1.74 bits per heavy atom. The molecule has 0 aliphatic carbocycles. The summed E-state index contributed by atoms with van der Waals surface area (Å²) in [5, 5.41) is 5.64. The Bertz CT molecular complexity index is 1190. The summed E-state index contributed by atoms with van der Waals surface area (Å²) in [6, 6.07) is 11.9. The fraction of sp³-hybridized carbons (Fsp3) is 0.182. The van der Waals surface area contributed by atoms with Crippen molar-refractivity contribution in [3.05, 3.63) is 81.5 Å². The summed E-state index contributed by atoms with van der Waals surface area (Å²) in [7, 11) is 1.28. The van der Waals surface area contributed by atoms with Crippen LogP contribution in [0.1, 0.15) is 21.6 Å². The highest BCUT2D eigenvalue weighted by Gasteiger charge is 2.13. The SMILES string of the molecule is COC(=O)c1ccc(NC(=O)Cn2c(Nc3ccc(F)c(C)c3)nc(C)cc2=O)cc1. The summed E-state index contributed by atoms with van der Waals surface area (Å²) in [4.78, 5) is 40.8. The number of nitrogens with zero attached hydrogens (tertiary/aromatic N) is 2. The molecule has 1 heterocycles. The molecule has 160 valence electrons. The number of ether oxygens (including phenoxy) is 1. The quantitative estimate of drug-likeness (QED) is 0.590. The fourth-order valence-electron chi connectivity index (χ4n) is 2.87. The lowest BCUT2D eigenvalue weighted by Crippen LogP contribution is -2.30. The zero-order valence-corrected chi connectivity index (χ0v) is 17.2. The number of benzene rings is 2. The lowest BCUT2D eigenvalue weighted by molar-refractivity contribution is -0.116. The van der Waals surface area contributed by atoms with Gasteiger partial charge < -0.3 is 15.4 Å². The second kappa shape index (κ2) is 9.21. The van der Waals surface area contributed by atoms with Crippen LogP contribution in [0.4, 0.5) is 21.7 Å². The third-order valence-electron chi connectivity index (χ3n) is 4.44. The number of methoxy groups -OCH3 is 1. The number of carbonyl (C=O) groups excluding carboxylic acids is 2. The first-order valence-corrected chi connectivity index (χ1v) is 9.36. The second-order valence-electron chi connectivity index (χ2n) is 6.85. The van der Waals surface area contributed by atoms with Gasteiger partial charge >= 0.3 is 5.97 Å². The van der Waals surface area contributed by atoms with Crippen molar-refractivity contribution in [1.82, 2.24) is 9.55 Å². The maximum Gasteiger partial charge on any atom is 0.337 e. The van der Waals surface area contributed by atoms with Crippen LogP contribution in [0.2, 0.25) is 0 Å². The molecule has 8 nitrogen and oxygen atoms in total. The molecule has 3 rings (SSSR count). The number of aromatic nitrogens is 2. The van der Waals surface area contributed by atoms with E-state index < -0.39 is 17.4 Å². The molecule has 0 aliphatic rings. The summed E-state index contributed by atoms with van der Waals surface area (Å²) < 4.78 is 19.4. The molecule has 0 aliphatic heterocycles. The monoisotopic (exact) mass is 424 g/mol. The molecule has 1 aromatic heterocycles. The van der Waals surface area contributed by atoms with Crippen LogP contribution in [0.25, 0.3) is 0 Å². The zero-order valence-electron chi connectivity index (χ0n) is 17.2. The molecule has 3 aromatic rings. The van der Waals surface area contributed by atoms with E-state index in [1.165, 1.54) is 42.0 Å². The minimum absolute atomic E-state index is 0.159. The van der Waals surface area contributed by atoms with Gasteiger partial charge in [-0.1, -0.05) is 0 Å². The Hall–Kier alpha value is -4.01. The number of halogens is 1. The van der Waals surface area contributed by atoms with E-state index in [4.69, 9.17) is 0 Å². The maximum atomic E-state index is 13.5. The van der Waals surface area contributed by atoms with E-state index in [1.807, 2.05) is 0 Å². The summed E-state index contributed by atoms with van der Waals surface area (Å²) in [5.74, 6) is -1.14. The van der Waals surface area contributed by atoms with Crippen LogP contribution < -0.4 is 16.2 Å². The molecule has 0 saturated heterocycles. The molecule has 0 spiro atoms. The Morgan fingerprint density at radius 1 is 1.06 bits per heavy atom. The van der Waals surface area contributed by atoms with Gasteiger partial charge in [-0.15, -0.1) is 0 Å². The first kappa shape index (κ1) is 21.7. The molecule has 0 unspecified atom stereocenters. The summed E-state index contributed by atoms with van der Waals surface area (Å²) in [6.07, 6.45) is 0. The number of esters is 1. The number of rotatable bonds is 6. The third kappa shape index (κ3) is 5.33. The van der Waals surface area contributed by atoms with E-state index in [2.05, 4.69) is 20.4 Å². The van der Waals surface area contributed by atoms with E-state index in [-0.39, 0.29) is 18.3 Å². The first-order chi connectivity index (χ1) is 14.8. The van der Waals surface area contributed by atoms with Crippen LogP contribution in [0.5, 0.6) is 0 Å². The Labute approximate surface area is 177 Å². The topological polar surface area (TPSA) is 102 Å². The smallest absolute Gasteiger partial charge is 0.337 e. The van der Waals surface area contributed by atoms with Gasteiger partial charge in [-0.3, -0.25) is 14.2 Å². The van der Waals surface area contributed by atoms with Crippen LogP contribution in [0.3, 0.4) is 0 Å². The van der Waals surface area contributed by atoms with Gasteiger partial charge in [0, 0.05) is 23.1 Å². The molecule has 0 bridgehead atoms. The maximum absolute atomic E-state index is 13.5. The number of aryl methyl sites for hydroxylation is 2. The van der Waals surface area contributed by atoms with Crippen molar-refractivity contribution in [3.8, 4) is 0 Å². The highest BCUT2D eigenvalue weighted by atomic mass is 19.1. The van der Waals surface area contributed by atoms with Crippen molar-refractivity contribution >= 4 is 29.2 Å². The van der Waals surface area contributed by atoms with Crippen molar-refractivity contribution in [2.45, 2.75) is 20.4 Å². The lowest BCUT2D eigenvalue weighted by Gasteiger charge is -2.15. The van der Waals surface area contributed by atoms with E-state index in [0.717, 1.165) is 0 Å². The molecule has 0 fully saturated rings. The van der Waals surface area contributed by atoms with E-state index in [1.54, 1.807) is 32.0 Å². The molecule has 31 heavy (non-hydrogen) atoms. The first-order valence-electron chi connectivity index (χ1n) is 9.36. The van der Waals surface area contributed by atoms with Gasteiger partial charge in [-0.05, 0) is 61.9 Å². The molecule has 0 atom stereocenters. The summed E-state index contributed by atoms with van der Waals surface area (Å²) >= 11 is 0. The van der Waals surface area contributed by atoms with Crippen molar-refractivity contribution in [2.75, 3.05) is 17.7 Å². The van der Waals surface area contributed by atoms with E-state index in [0.29, 0.717) is 28.2 Å². The van der Waals surface area contributed by atoms with Crippen molar-refractivity contribution in [1.29, 1.82) is 0 Å². The number of hydrogen-bond donors (Lipinski definition) is 2. The average Bonchev–Trinajstić information content (AvgIpc) is 2.73. The van der Waals surface area contributed by atoms with Gasteiger partial charge in [-0.25, -0.2) is 14.2 Å². The number of nitrogens with one attached hydrogen (secondary N) is 2. The minimum atomic E-state index is -0.484. The Balaban J connectivity index is 1.80. The predicted octanol–water partition coefficient (Wildman–Crippen LogP) is 3.17. The van der Waals surface area contributed by atoms with E-state index >= 15 is 0 Å². The van der Waals surface area contributed by atoms with Crippen molar-refractivity contribution < 1.29 is 18.7 Å². The highest BCUT2D eigenvalue weighted by Crippen LogP contribution is 2.18. The fourth-order valence-corrected chi connectivity index (χ4v) is 2.87. The summed E-state index contributed by atoms with van der Waals surface area (Å²) in [5.41, 5.74) is 1.82. The standard InChI is InChI=1S/C22H21FN4O4/c1-13-10-17(8-9-18(13)23)26-22-24-14(2)11-20(29)27(22)12-19(28)25-16-6-4-15(5-7-16)21(30)31-3/h4-11H,12H2,1-3H3,(H,24,26)(H,25,28). The highest BCUT2D eigenvalue weighted by molar-refractivity contribution is 5.93. The van der Waals surface area contributed by atoms with Crippen molar-refractivity contribution in [3.63, 3.8) is 0 Å². The lowest BCUT2D eigenvalue weighted by atomic mass is 10.2. The molecule has 9 heteroatoms. The average molecular weight is 424 g/mol. The van der Waals surface area contributed by atoms with Crippen LogP contribution in [0, 0.1) is 19.7 Å². The van der Waals surface area contributed by atoms with Gasteiger partial charge in [0.2, 0.25) is 11.9 Å². The van der Waals surface area contributed by atoms with Crippen LogP contribution >= 0.6 is 0 Å². The van der Waals surface area contributed by atoms with Gasteiger partial charge in [0.05, 0.1) is 12.7 Å². The Kier molecular flexibility index (Phi) is 6.44. The molecular weight excluding hydrogens is 403 g/mol. The number of amides is 1. The zero-order chi connectivity index (χ0) is 22.5. The van der Waals surface area contributed by atoms with Gasteiger partial charge in [0.25, 0.3) is 5.56 Å². The minimum Gasteiger partial charge on any atom is -0.465 e. The second-order valence-corrected chi connectivity index (χ2v) is 6.85. The van der Waals surface area contributed by atoms with Gasteiger partial charge in [0.15, 0.2) is 0 Å². The van der Waals surface area contributed by atoms with Gasteiger partial charge in [0.1, 0.15) is 12.4 Å². The normalized spacial score (nSPS) is 10.5. The predicted molar refractivity (Wildman–Crippen MR) is 114 cm³/mol. The molecule has 2 aromatic carbocycles. The molecular formula is C22H21FN4O4. The number of anilines is 3. The summed E-state index contributed by atoms with van der Waals surface area (Å²) in [6.45, 7) is 2.99. The number of hydrogen-bond acceptors (Lipinski definition) is 6. The van der Waals surface area contributed by atoms with Gasteiger partial charge in [-0.2, -0.15) is 0 Å². The number of carbonyl (C=O) groups is 2. The molecule has 2 N–H and O–H groups in total.